The van der Waals surface area contributed by atoms with Crippen LogP contribution in [0.1, 0.15) is 12.5 Å². The second-order valence-corrected chi connectivity index (χ2v) is 4.36. The number of hydrogen-bond acceptors (Lipinski definition) is 3. The molecule has 0 saturated heterocycles. The number of carboxylic acids is 1. The molecule has 1 aromatic rings. The Morgan fingerprint density at radius 3 is 2.62 bits per heavy atom. The van der Waals surface area contributed by atoms with Crippen LogP contribution in [0.3, 0.4) is 0 Å². The van der Waals surface area contributed by atoms with E-state index in [2.05, 4.69) is 10.1 Å². The first-order valence-corrected chi connectivity index (χ1v) is 5.98. The molecule has 0 aromatic heterocycles. The molecule has 1 amide bonds. The molecule has 5 nitrogen and oxygen atoms in total. The summed E-state index contributed by atoms with van der Waals surface area (Å²) in [6.45, 7) is -0.109. The van der Waals surface area contributed by atoms with Crippen molar-refractivity contribution in [2.45, 2.75) is 25.6 Å². The molecule has 116 valence electrons. The zero-order chi connectivity index (χ0) is 16.0. The molecule has 1 unspecified atom stereocenters. The second-order valence-electron chi connectivity index (χ2n) is 4.36. The third-order valence-corrected chi connectivity index (χ3v) is 2.41. The van der Waals surface area contributed by atoms with Gasteiger partial charge in [0.05, 0.1) is 6.42 Å². The number of alkyl halides is 3. The van der Waals surface area contributed by atoms with Crippen LogP contribution in [0.15, 0.2) is 24.3 Å². The maximum absolute atomic E-state index is 12.0. The lowest BCUT2D eigenvalue weighted by Gasteiger charge is -2.11. The van der Waals surface area contributed by atoms with Gasteiger partial charge in [-0.3, -0.25) is 9.59 Å². The molecule has 0 aliphatic rings. The summed E-state index contributed by atoms with van der Waals surface area (Å²) in [6.07, 6.45) is -4.59. The minimum absolute atomic E-state index is 0.0103. The lowest BCUT2D eigenvalue weighted by atomic mass is 10.1. The predicted octanol–water partition coefficient (Wildman–Crippen LogP) is 1.76. The number of ether oxygens (including phenoxy) is 1. The summed E-state index contributed by atoms with van der Waals surface area (Å²) in [5.41, 5.74) is 0.421. The highest BCUT2D eigenvalue weighted by atomic mass is 19.4. The average Bonchev–Trinajstić information content (AvgIpc) is 2.35. The van der Waals surface area contributed by atoms with Crippen LogP contribution in [0.2, 0.25) is 0 Å². The first-order valence-electron chi connectivity index (χ1n) is 5.98. The van der Waals surface area contributed by atoms with Crippen molar-refractivity contribution in [3.63, 3.8) is 0 Å². The van der Waals surface area contributed by atoms with Gasteiger partial charge in [-0.25, -0.2) is 0 Å². The van der Waals surface area contributed by atoms with Gasteiger partial charge in [-0.1, -0.05) is 12.1 Å². The Balaban J connectivity index is 2.60. The smallest absolute Gasteiger partial charge is 0.422 e. The van der Waals surface area contributed by atoms with E-state index in [-0.39, 0.29) is 12.2 Å². The van der Waals surface area contributed by atoms with Crippen molar-refractivity contribution in [3.8, 4) is 5.75 Å². The summed E-state index contributed by atoms with van der Waals surface area (Å²) in [7, 11) is 0. The highest BCUT2D eigenvalue weighted by Crippen LogP contribution is 2.19. The molecule has 0 aliphatic carbocycles. The molecule has 21 heavy (non-hydrogen) atoms. The quantitative estimate of drug-likeness (QED) is 0.839. The number of hydrogen-bond donors (Lipinski definition) is 2. The first kappa shape index (κ1) is 16.8. The van der Waals surface area contributed by atoms with E-state index >= 15 is 0 Å². The van der Waals surface area contributed by atoms with Crippen LogP contribution < -0.4 is 10.1 Å². The molecule has 0 aliphatic heterocycles. The van der Waals surface area contributed by atoms with Gasteiger partial charge < -0.3 is 15.2 Å². The fourth-order valence-electron chi connectivity index (χ4n) is 1.45. The molecule has 1 rings (SSSR count). The van der Waals surface area contributed by atoms with E-state index < -0.39 is 30.7 Å². The predicted molar refractivity (Wildman–Crippen MR) is 66.9 cm³/mol. The van der Waals surface area contributed by atoms with Gasteiger partial charge in [0.25, 0.3) is 0 Å². The molecule has 2 N–H and O–H groups in total. The van der Waals surface area contributed by atoms with Gasteiger partial charge in [0.2, 0.25) is 5.91 Å². The number of rotatable bonds is 6. The Morgan fingerprint density at radius 2 is 2.05 bits per heavy atom. The summed E-state index contributed by atoms with van der Waals surface area (Å²) in [5, 5.41) is 10.9. The third kappa shape index (κ3) is 6.64. The summed E-state index contributed by atoms with van der Waals surface area (Å²) < 4.78 is 40.6. The van der Waals surface area contributed by atoms with Gasteiger partial charge in [-0.2, -0.15) is 13.2 Å². The Morgan fingerprint density at radius 1 is 1.38 bits per heavy atom. The largest absolute Gasteiger partial charge is 0.484 e. The number of aliphatic carboxylic acids is 1. The number of benzene rings is 1. The van der Waals surface area contributed by atoms with Crippen molar-refractivity contribution in [2.75, 3.05) is 6.61 Å². The Labute approximate surface area is 118 Å². The van der Waals surface area contributed by atoms with Crippen LogP contribution >= 0.6 is 0 Å². The fraction of sp³-hybridized carbons (Fsp3) is 0.385. The van der Waals surface area contributed by atoms with Crippen LogP contribution in [-0.4, -0.2) is 35.8 Å². The normalized spacial score (nSPS) is 12.6. The number of carboxylic acid groups (broad SMARTS) is 1. The van der Waals surface area contributed by atoms with Gasteiger partial charge in [0, 0.05) is 0 Å². The molecule has 0 saturated carbocycles. The monoisotopic (exact) mass is 305 g/mol. The molecule has 0 bridgehead atoms. The van der Waals surface area contributed by atoms with Crippen molar-refractivity contribution in [1.29, 1.82) is 0 Å². The molecule has 0 radical (unpaired) electrons. The number of nitrogens with one attached hydrogen (secondary N) is 1. The van der Waals surface area contributed by atoms with Crippen LogP contribution in [-0.2, 0) is 16.0 Å². The molecule has 0 fully saturated rings. The first-order chi connectivity index (χ1) is 9.67. The fourth-order valence-corrected chi connectivity index (χ4v) is 1.45. The van der Waals surface area contributed by atoms with Gasteiger partial charge in [0.1, 0.15) is 11.8 Å². The Kier molecular flexibility index (Phi) is 5.57. The van der Waals surface area contributed by atoms with Gasteiger partial charge in [-0.05, 0) is 24.6 Å². The van der Waals surface area contributed by atoms with Crippen molar-refractivity contribution >= 4 is 11.9 Å². The van der Waals surface area contributed by atoms with E-state index in [9.17, 15) is 22.8 Å². The topological polar surface area (TPSA) is 75.6 Å². The summed E-state index contributed by atoms with van der Waals surface area (Å²) in [6, 6.07) is 4.59. The van der Waals surface area contributed by atoms with Crippen molar-refractivity contribution in [3.05, 3.63) is 29.8 Å². The van der Waals surface area contributed by atoms with Crippen LogP contribution in [0.5, 0.6) is 5.75 Å². The van der Waals surface area contributed by atoms with E-state index in [1.807, 2.05) is 0 Å². The summed E-state index contributed by atoms with van der Waals surface area (Å²) >= 11 is 0. The van der Waals surface area contributed by atoms with Crippen LogP contribution in [0, 0.1) is 0 Å². The minimum atomic E-state index is -4.44. The molecule has 0 spiro atoms. The molecule has 1 aromatic carbocycles. The average molecular weight is 305 g/mol. The van der Waals surface area contributed by atoms with Gasteiger partial charge in [0.15, 0.2) is 6.61 Å². The maximum Gasteiger partial charge on any atom is 0.422 e. The molecular formula is C13H14F3NO4. The van der Waals surface area contributed by atoms with E-state index in [1.165, 1.54) is 31.2 Å². The highest BCUT2D eigenvalue weighted by molar-refractivity contribution is 5.84. The number of amides is 1. The van der Waals surface area contributed by atoms with Crippen molar-refractivity contribution in [1.82, 2.24) is 5.32 Å². The molecular weight excluding hydrogens is 291 g/mol. The highest BCUT2D eigenvalue weighted by Gasteiger charge is 2.28. The van der Waals surface area contributed by atoms with Gasteiger partial charge in [-0.15, -0.1) is 0 Å². The zero-order valence-corrected chi connectivity index (χ0v) is 11.1. The summed E-state index contributed by atoms with van der Waals surface area (Å²) in [4.78, 5) is 22.1. The van der Waals surface area contributed by atoms with Gasteiger partial charge >= 0.3 is 12.1 Å². The lowest BCUT2D eigenvalue weighted by Crippen LogP contribution is -2.39. The third-order valence-electron chi connectivity index (χ3n) is 2.41. The number of carbonyl (C=O) groups excluding carboxylic acids is 1. The van der Waals surface area contributed by atoms with E-state index in [1.54, 1.807) is 0 Å². The minimum Gasteiger partial charge on any atom is -0.484 e. The van der Waals surface area contributed by atoms with E-state index in [4.69, 9.17) is 5.11 Å². The van der Waals surface area contributed by atoms with Crippen LogP contribution in [0.25, 0.3) is 0 Å². The standard InChI is InChI=1S/C13H14F3NO4/c1-8(12(19)20)17-11(18)6-9-3-2-4-10(5-9)21-7-13(14,15)16/h2-5,8H,6-7H2,1H3,(H,17,18)(H,19,20). The van der Waals surface area contributed by atoms with Crippen LogP contribution in [0.4, 0.5) is 13.2 Å². The Hall–Kier alpha value is -2.25. The number of halogens is 3. The molecule has 1 atom stereocenters. The second kappa shape index (κ2) is 6.96. The molecule has 0 heterocycles. The van der Waals surface area contributed by atoms with E-state index in [0.29, 0.717) is 5.56 Å². The molecule has 8 heteroatoms. The zero-order valence-electron chi connectivity index (χ0n) is 11.1. The SMILES string of the molecule is CC(NC(=O)Cc1cccc(OCC(F)(F)F)c1)C(=O)O. The van der Waals surface area contributed by atoms with Crippen molar-refractivity contribution in [2.24, 2.45) is 0 Å². The summed E-state index contributed by atoms with van der Waals surface area (Å²) in [5.74, 6) is -1.73. The van der Waals surface area contributed by atoms with Crippen molar-refractivity contribution < 1.29 is 32.6 Å². The van der Waals surface area contributed by atoms with E-state index in [0.717, 1.165) is 0 Å². The maximum atomic E-state index is 12.0. The number of carbonyl (C=O) groups is 2. The Bertz CT molecular complexity index is 516. The lowest BCUT2D eigenvalue weighted by molar-refractivity contribution is -0.153.